The first kappa shape index (κ1) is 13.2. The molecule has 0 aromatic heterocycles. The van der Waals surface area contributed by atoms with E-state index < -0.39 is 0 Å². The van der Waals surface area contributed by atoms with E-state index in [1.54, 1.807) is 0 Å². The molecular formula is C15H26N2O2. The average Bonchev–Trinajstić information content (AvgIpc) is 2.34. The molecule has 0 aromatic carbocycles. The summed E-state index contributed by atoms with van der Waals surface area (Å²) in [6.45, 7) is 2.50. The van der Waals surface area contributed by atoms with Crippen molar-refractivity contribution in [1.29, 1.82) is 0 Å². The van der Waals surface area contributed by atoms with Gasteiger partial charge in [-0.3, -0.25) is 0 Å². The molecule has 0 spiro atoms. The second-order valence-corrected chi connectivity index (χ2v) is 7.13. The predicted octanol–water partition coefficient (Wildman–Crippen LogP) is 1.88. The molecule has 0 radical (unpaired) electrons. The van der Waals surface area contributed by atoms with Gasteiger partial charge in [0.25, 0.3) is 0 Å². The van der Waals surface area contributed by atoms with Crippen molar-refractivity contribution in [2.24, 2.45) is 23.2 Å². The highest BCUT2D eigenvalue weighted by molar-refractivity contribution is 5.74. The van der Waals surface area contributed by atoms with Crippen LogP contribution in [0.4, 0.5) is 4.79 Å². The van der Waals surface area contributed by atoms with Gasteiger partial charge in [-0.15, -0.1) is 0 Å². The Morgan fingerprint density at radius 2 is 1.74 bits per heavy atom. The van der Waals surface area contributed by atoms with E-state index in [-0.39, 0.29) is 18.7 Å². The van der Waals surface area contributed by atoms with Crippen molar-refractivity contribution in [1.82, 2.24) is 10.6 Å². The molecule has 1 unspecified atom stereocenters. The molecule has 0 heterocycles. The van der Waals surface area contributed by atoms with Gasteiger partial charge in [0, 0.05) is 12.6 Å². The summed E-state index contributed by atoms with van der Waals surface area (Å²) in [5.41, 5.74) is 0.352. The van der Waals surface area contributed by atoms with Gasteiger partial charge >= 0.3 is 6.03 Å². The van der Waals surface area contributed by atoms with Crippen molar-refractivity contribution in [2.45, 2.75) is 51.5 Å². The van der Waals surface area contributed by atoms with Gasteiger partial charge in [-0.2, -0.15) is 0 Å². The SMILES string of the molecule is CC(NC(=O)NCCO)C12CC3CC(CC(C3)C1)C2. The maximum atomic E-state index is 11.8. The number of urea groups is 1. The second-order valence-electron chi connectivity index (χ2n) is 7.13. The molecule has 0 aromatic rings. The molecule has 108 valence electrons. The van der Waals surface area contributed by atoms with Gasteiger partial charge in [0.1, 0.15) is 0 Å². The molecule has 19 heavy (non-hydrogen) atoms. The van der Waals surface area contributed by atoms with E-state index in [1.807, 2.05) is 0 Å². The van der Waals surface area contributed by atoms with Crippen molar-refractivity contribution < 1.29 is 9.90 Å². The summed E-state index contributed by atoms with van der Waals surface area (Å²) < 4.78 is 0. The molecule has 3 N–H and O–H groups in total. The Hall–Kier alpha value is -0.770. The fourth-order valence-electron chi connectivity index (χ4n) is 5.28. The van der Waals surface area contributed by atoms with Gasteiger partial charge in [0.05, 0.1) is 6.61 Å². The number of aliphatic hydroxyl groups excluding tert-OH is 1. The van der Waals surface area contributed by atoms with Crippen molar-refractivity contribution in [2.75, 3.05) is 13.2 Å². The van der Waals surface area contributed by atoms with Crippen LogP contribution in [0.1, 0.15) is 45.4 Å². The fraction of sp³-hybridized carbons (Fsp3) is 0.933. The van der Waals surface area contributed by atoms with Gasteiger partial charge in [0.2, 0.25) is 0 Å². The van der Waals surface area contributed by atoms with E-state index in [0.717, 1.165) is 17.8 Å². The van der Waals surface area contributed by atoms with Crippen LogP contribution in [0.15, 0.2) is 0 Å². The van der Waals surface area contributed by atoms with Crippen LogP contribution in [0.2, 0.25) is 0 Å². The largest absolute Gasteiger partial charge is 0.395 e. The van der Waals surface area contributed by atoms with Crippen molar-refractivity contribution in [3.8, 4) is 0 Å². The Kier molecular flexibility index (Phi) is 3.46. The zero-order valence-electron chi connectivity index (χ0n) is 11.8. The second kappa shape index (κ2) is 4.97. The maximum Gasteiger partial charge on any atom is 0.315 e. The third kappa shape index (κ3) is 2.47. The summed E-state index contributed by atoms with van der Waals surface area (Å²) >= 11 is 0. The molecule has 0 saturated heterocycles. The number of hydrogen-bond acceptors (Lipinski definition) is 2. The van der Waals surface area contributed by atoms with Gasteiger partial charge in [-0.25, -0.2) is 4.79 Å². The lowest BCUT2D eigenvalue weighted by Gasteiger charge is -2.59. The molecule has 4 bridgehead atoms. The van der Waals surface area contributed by atoms with E-state index in [1.165, 1.54) is 38.5 Å². The number of amides is 2. The molecule has 4 fully saturated rings. The van der Waals surface area contributed by atoms with E-state index in [4.69, 9.17) is 5.11 Å². The molecular weight excluding hydrogens is 240 g/mol. The molecule has 1 atom stereocenters. The zero-order valence-corrected chi connectivity index (χ0v) is 11.8. The molecule has 4 rings (SSSR count). The summed E-state index contributed by atoms with van der Waals surface area (Å²) in [6, 6.07) is 0.122. The quantitative estimate of drug-likeness (QED) is 0.727. The number of hydrogen-bond donors (Lipinski definition) is 3. The van der Waals surface area contributed by atoms with Crippen LogP contribution in [0.3, 0.4) is 0 Å². The lowest BCUT2D eigenvalue weighted by atomic mass is 9.48. The lowest BCUT2D eigenvalue weighted by Crippen LogP contribution is -2.57. The molecule has 4 nitrogen and oxygen atoms in total. The topological polar surface area (TPSA) is 61.4 Å². The van der Waals surface area contributed by atoms with Gasteiger partial charge in [-0.1, -0.05) is 0 Å². The summed E-state index contributed by atoms with van der Waals surface area (Å²) in [5.74, 6) is 2.74. The average molecular weight is 266 g/mol. The van der Waals surface area contributed by atoms with Gasteiger partial charge in [-0.05, 0) is 68.6 Å². The van der Waals surface area contributed by atoms with Crippen LogP contribution in [-0.4, -0.2) is 30.3 Å². The van der Waals surface area contributed by atoms with Gasteiger partial charge in [0.15, 0.2) is 0 Å². The summed E-state index contributed by atoms with van der Waals surface area (Å²) in [5, 5.41) is 14.5. The van der Waals surface area contributed by atoms with Crippen molar-refractivity contribution in [3.63, 3.8) is 0 Å². The fourth-order valence-corrected chi connectivity index (χ4v) is 5.28. The van der Waals surface area contributed by atoms with Crippen LogP contribution in [-0.2, 0) is 0 Å². The number of rotatable bonds is 4. The standard InChI is InChI=1S/C15H26N2O2/c1-10(17-14(19)16-2-3-18)15-7-11-4-12(8-15)6-13(5-11)9-15/h10-13,18H,2-9H2,1H3,(H2,16,17,19). The van der Waals surface area contributed by atoms with Crippen LogP contribution < -0.4 is 10.6 Å². The minimum absolute atomic E-state index is 0.000827. The first-order valence-electron chi connectivity index (χ1n) is 7.76. The van der Waals surface area contributed by atoms with Crippen LogP contribution in [0.5, 0.6) is 0 Å². The normalized spacial score (nSPS) is 41.1. The first-order valence-corrected chi connectivity index (χ1v) is 7.76. The molecule has 0 aliphatic heterocycles. The number of carbonyl (C=O) groups is 1. The molecule has 4 heteroatoms. The van der Waals surface area contributed by atoms with E-state index >= 15 is 0 Å². The minimum Gasteiger partial charge on any atom is -0.395 e. The molecule has 2 amide bonds. The summed E-state index contributed by atoms with van der Waals surface area (Å²) in [4.78, 5) is 11.8. The molecule has 4 aliphatic carbocycles. The Labute approximate surface area is 115 Å². The smallest absolute Gasteiger partial charge is 0.315 e. The van der Waals surface area contributed by atoms with Crippen LogP contribution in [0, 0.1) is 23.2 Å². The zero-order chi connectivity index (χ0) is 13.5. The van der Waals surface area contributed by atoms with Crippen molar-refractivity contribution in [3.05, 3.63) is 0 Å². The first-order chi connectivity index (χ1) is 9.11. The number of carbonyl (C=O) groups excluding carboxylic acids is 1. The van der Waals surface area contributed by atoms with Crippen LogP contribution >= 0.6 is 0 Å². The highest BCUT2D eigenvalue weighted by Gasteiger charge is 2.53. The predicted molar refractivity (Wildman–Crippen MR) is 73.7 cm³/mol. The number of nitrogens with one attached hydrogen (secondary N) is 2. The molecule has 4 saturated carbocycles. The highest BCUT2D eigenvalue weighted by atomic mass is 16.3. The Morgan fingerprint density at radius 1 is 1.21 bits per heavy atom. The Bertz CT molecular complexity index is 321. The van der Waals surface area contributed by atoms with E-state index in [9.17, 15) is 4.79 Å². The summed E-state index contributed by atoms with van der Waals surface area (Å²) in [6.07, 6.45) is 8.22. The third-order valence-corrected chi connectivity index (χ3v) is 5.75. The van der Waals surface area contributed by atoms with E-state index in [0.29, 0.717) is 12.0 Å². The third-order valence-electron chi connectivity index (χ3n) is 5.75. The number of aliphatic hydroxyl groups is 1. The molecule has 4 aliphatic rings. The monoisotopic (exact) mass is 266 g/mol. The Balaban J connectivity index is 1.63. The maximum absolute atomic E-state index is 11.8. The Morgan fingerprint density at radius 3 is 2.21 bits per heavy atom. The summed E-state index contributed by atoms with van der Waals surface area (Å²) in [7, 11) is 0. The van der Waals surface area contributed by atoms with E-state index in [2.05, 4.69) is 17.6 Å². The highest BCUT2D eigenvalue weighted by Crippen LogP contribution is 2.61. The van der Waals surface area contributed by atoms with Gasteiger partial charge < -0.3 is 15.7 Å². The lowest BCUT2D eigenvalue weighted by molar-refractivity contribution is -0.0682. The van der Waals surface area contributed by atoms with Crippen molar-refractivity contribution >= 4 is 6.03 Å². The van der Waals surface area contributed by atoms with Crippen LogP contribution in [0.25, 0.3) is 0 Å². The minimum atomic E-state index is -0.128.